The molecule has 128 valence electrons. The van der Waals surface area contributed by atoms with Crippen LogP contribution in [0.2, 0.25) is 0 Å². The van der Waals surface area contributed by atoms with Gasteiger partial charge in [-0.15, -0.1) is 11.3 Å². The first-order valence-corrected chi connectivity index (χ1v) is 9.32. The van der Waals surface area contributed by atoms with Gasteiger partial charge in [0.05, 0.1) is 0 Å². The fourth-order valence-corrected chi connectivity index (χ4v) is 3.61. The van der Waals surface area contributed by atoms with Crippen molar-refractivity contribution in [3.8, 4) is 0 Å². The molecule has 1 aliphatic rings. The molecule has 0 amide bonds. The van der Waals surface area contributed by atoms with Gasteiger partial charge >= 0.3 is 5.97 Å². The molecule has 4 nitrogen and oxygen atoms in total. The van der Waals surface area contributed by atoms with E-state index in [9.17, 15) is 4.79 Å². The average molecular weight is 344 g/mol. The maximum atomic E-state index is 12.0. The number of nitrogens with zero attached hydrogens (tertiary/aromatic N) is 2. The highest BCUT2D eigenvalue weighted by atomic mass is 32.1. The molecule has 2 heterocycles. The minimum atomic E-state index is -0.208. The van der Waals surface area contributed by atoms with Gasteiger partial charge < -0.3 is 4.74 Å². The summed E-state index contributed by atoms with van der Waals surface area (Å²) in [6, 6.07) is 14.3. The molecule has 0 saturated carbocycles. The van der Waals surface area contributed by atoms with Gasteiger partial charge in [0.2, 0.25) is 0 Å². The molecule has 0 spiro atoms. The Bertz CT molecular complexity index is 622. The van der Waals surface area contributed by atoms with E-state index >= 15 is 0 Å². The van der Waals surface area contributed by atoms with Crippen LogP contribution >= 0.6 is 11.3 Å². The molecule has 1 saturated heterocycles. The Morgan fingerprint density at radius 3 is 2.46 bits per heavy atom. The summed E-state index contributed by atoms with van der Waals surface area (Å²) in [5.41, 5.74) is 1.36. The number of ether oxygens (including phenoxy) is 1. The maximum absolute atomic E-state index is 12.0. The molecule has 0 N–H and O–H groups in total. The molecule has 24 heavy (non-hydrogen) atoms. The number of carbonyl (C=O) groups excluding carboxylic acids is 1. The smallest absolute Gasteiger partial charge is 0.348 e. The number of esters is 1. The van der Waals surface area contributed by atoms with Crippen LogP contribution in [0, 0.1) is 0 Å². The third-order valence-corrected chi connectivity index (χ3v) is 5.11. The number of rotatable bonds is 6. The van der Waals surface area contributed by atoms with Crippen LogP contribution in [0.15, 0.2) is 47.8 Å². The van der Waals surface area contributed by atoms with E-state index in [-0.39, 0.29) is 12.1 Å². The molecule has 0 unspecified atom stereocenters. The first-order valence-electron chi connectivity index (χ1n) is 8.44. The molecule has 5 heteroatoms. The number of hydrogen-bond acceptors (Lipinski definition) is 5. The van der Waals surface area contributed by atoms with E-state index < -0.39 is 0 Å². The Kier molecular flexibility index (Phi) is 6.01. The second-order valence-corrected chi connectivity index (χ2v) is 7.20. The summed E-state index contributed by atoms with van der Waals surface area (Å²) in [5.74, 6) is -0.208. The summed E-state index contributed by atoms with van der Waals surface area (Å²) < 4.78 is 5.54. The molecule has 1 aromatic heterocycles. The van der Waals surface area contributed by atoms with Crippen molar-refractivity contribution in [2.75, 3.05) is 32.7 Å². The Balaban J connectivity index is 1.39. The molecule has 0 aliphatic carbocycles. The monoisotopic (exact) mass is 344 g/mol. The molecule has 1 aliphatic heterocycles. The van der Waals surface area contributed by atoms with Crippen molar-refractivity contribution in [2.24, 2.45) is 0 Å². The molecule has 2 aromatic rings. The van der Waals surface area contributed by atoms with E-state index in [1.165, 1.54) is 16.9 Å². The third kappa shape index (κ3) is 4.90. The normalized spacial score (nSPS) is 17.5. The van der Waals surface area contributed by atoms with Crippen LogP contribution in [0.25, 0.3) is 0 Å². The zero-order chi connectivity index (χ0) is 16.8. The molecule has 1 aromatic carbocycles. The molecule has 0 radical (unpaired) electrons. The molecule has 0 bridgehead atoms. The second-order valence-electron chi connectivity index (χ2n) is 6.26. The lowest BCUT2D eigenvalue weighted by molar-refractivity contribution is 0.0196. The summed E-state index contributed by atoms with van der Waals surface area (Å²) in [6.07, 6.45) is -0.0831. The molecule has 1 atom stereocenters. The molecule has 3 rings (SSSR count). The summed E-state index contributed by atoms with van der Waals surface area (Å²) >= 11 is 1.43. The van der Waals surface area contributed by atoms with Gasteiger partial charge in [-0.1, -0.05) is 36.4 Å². The summed E-state index contributed by atoms with van der Waals surface area (Å²) in [5, 5.41) is 1.90. The third-order valence-electron chi connectivity index (χ3n) is 4.26. The first kappa shape index (κ1) is 17.1. The van der Waals surface area contributed by atoms with E-state index in [4.69, 9.17) is 4.74 Å². The van der Waals surface area contributed by atoms with Crippen LogP contribution in [0.5, 0.6) is 0 Å². The van der Waals surface area contributed by atoms with Gasteiger partial charge in [0.1, 0.15) is 11.0 Å². The predicted octanol–water partition coefficient (Wildman–Crippen LogP) is 3.11. The Morgan fingerprint density at radius 1 is 1.08 bits per heavy atom. The Labute approximate surface area is 147 Å². The van der Waals surface area contributed by atoms with Crippen molar-refractivity contribution < 1.29 is 9.53 Å². The fraction of sp³-hybridized carbons (Fsp3) is 0.421. The van der Waals surface area contributed by atoms with Crippen LogP contribution < -0.4 is 0 Å². The number of piperazine rings is 1. The van der Waals surface area contributed by atoms with Gasteiger partial charge in [-0.3, -0.25) is 9.80 Å². The highest BCUT2D eigenvalue weighted by molar-refractivity contribution is 7.11. The van der Waals surface area contributed by atoms with Crippen LogP contribution in [-0.2, 0) is 11.3 Å². The van der Waals surface area contributed by atoms with Crippen molar-refractivity contribution in [3.05, 3.63) is 58.3 Å². The number of carbonyl (C=O) groups is 1. The van der Waals surface area contributed by atoms with Gasteiger partial charge in [0, 0.05) is 39.3 Å². The molecule has 1 fully saturated rings. The topological polar surface area (TPSA) is 32.8 Å². The van der Waals surface area contributed by atoms with E-state index in [0.717, 1.165) is 39.3 Å². The zero-order valence-electron chi connectivity index (χ0n) is 14.1. The zero-order valence-corrected chi connectivity index (χ0v) is 14.9. The minimum Gasteiger partial charge on any atom is -0.457 e. The van der Waals surface area contributed by atoms with Crippen molar-refractivity contribution in [1.29, 1.82) is 0 Å². The quantitative estimate of drug-likeness (QED) is 0.754. The van der Waals surface area contributed by atoms with Gasteiger partial charge in [-0.05, 0) is 23.9 Å². The van der Waals surface area contributed by atoms with E-state index in [0.29, 0.717) is 4.88 Å². The van der Waals surface area contributed by atoms with Gasteiger partial charge in [0.15, 0.2) is 0 Å². The van der Waals surface area contributed by atoms with Crippen LogP contribution in [0.3, 0.4) is 0 Å². The minimum absolute atomic E-state index is 0.0831. The largest absolute Gasteiger partial charge is 0.457 e. The second kappa shape index (κ2) is 8.42. The van der Waals surface area contributed by atoms with Gasteiger partial charge in [-0.25, -0.2) is 4.79 Å². The van der Waals surface area contributed by atoms with Crippen LogP contribution in [0.1, 0.15) is 22.2 Å². The predicted molar refractivity (Wildman–Crippen MR) is 97.4 cm³/mol. The van der Waals surface area contributed by atoms with Crippen molar-refractivity contribution in [3.63, 3.8) is 0 Å². The maximum Gasteiger partial charge on any atom is 0.348 e. The standard InChI is InChI=1S/C19H24N2O2S/c1-16(23-19(22)18-8-5-13-24-18)14-20-9-11-21(12-10-20)15-17-6-3-2-4-7-17/h2-8,13,16H,9-12,14-15H2,1H3/t16-/m0/s1. The highest BCUT2D eigenvalue weighted by Gasteiger charge is 2.20. The number of thiophene rings is 1. The first-order chi connectivity index (χ1) is 11.7. The summed E-state index contributed by atoms with van der Waals surface area (Å²) in [6.45, 7) is 7.94. The lowest BCUT2D eigenvalue weighted by Gasteiger charge is -2.35. The number of hydrogen-bond donors (Lipinski definition) is 0. The number of benzene rings is 1. The SMILES string of the molecule is C[C@@H](CN1CCN(Cc2ccccc2)CC1)OC(=O)c1cccs1. The van der Waals surface area contributed by atoms with Crippen molar-refractivity contribution in [2.45, 2.75) is 19.6 Å². The Morgan fingerprint density at radius 2 is 1.79 bits per heavy atom. The van der Waals surface area contributed by atoms with Crippen LogP contribution in [-0.4, -0.2) is 54.6 Å². The highest BCUT2D eigenvalue weighted by Crippen LogP contribution is 2.13. The van der Waals surface area contributed by atoms with E-state index in [2.05, 4.69) is 40.1 Å². The summed E-state index contributed by atoms with van der Waals surface area (Å²) in [7, 11) is 0. The van der Waals surface area contributed by atoms with Crippen molar-refractivity contribution in [1.82, 2.24) is 9.80 Å². The Hall–Kier alpha value is -1.69. The van der Waals surface area contributed by atoms with Crippen LogP contribution in [0.4, 0.5) is 0 Å². The lowest BCUT2D eigenvalue weighted by atomic mass is 10.2. The summed E-state index contributed by atoms with van der Waals surface area (Å²) in [4.78, 5) is 17.5. The van der Waals surface area contributed by atoms with Gasteiger partial charge in [-0.2, -0.15) is 0 Å². The average Bonchev–Trinajstić information content (AvgIpc) is 3.12. The van der Waals surface area contributed by atoms with Crippen molar-refractivity contribution >= 4 is 17.3 Å². The van der Waals surface area contributed by atoms with Gasteiger partial charge in [0.25, 0.3) is 0 Å². The lowest BCUT2D eigenvalue weighted by Crippen LogP contribution is -2.48. The van der Waals surface area contributed by atoms with E-state index in [1.54, 1.807) is 0 Å². The molecular formula is C19H24N2O2S. The fourth-order valence-electron chi connectivity index (χ4n) is 3.01. The molecular weight excluding hydrogens is 320 g/mol. The van der Waals surface area contributed by atoms with E-state index in [1.807, 2.05) is 24.4 Å².